The predicted molar refractivity (Wildman–Crippen MR) is 133 cm³/mol. The molecule has 8 nitrogen and oxygen atoms in total. The van der Waals surface area contributed by atoms with Crippen LogP contribution in [-0.4, -0.2) is 49.9 Å². The van der Waals surface area contributed by atoms with E-state index in [0.29, 0.717) is 48.5 Å². The van der Waals surface area contributed by atoms with Gasteiger partial charge in [0, 0.05) is 39.1 Å². The monoisotopic (exact) mass is 523 g/mol. The lowest BCUT2D eigenvalue weighted by atomic mass is 10.0. The number of nitrogens with one attached hydrogen (secondary N) is 3. The first-order valence-electron chi connectivity index (χ1n) is 11.2. The number of alkyl halides is 3. The van der Waals surface area contributed by atoms with E-state index < -0.39 is 17.6 Å². The van der Waals surface area contributed by atoms with Gasteiger partial charge in [0.05, 0.1) is 11.3 Å². The Morgan fingerprint density at radius 1 is 1.16 bits per heavy atom. The largest absolute Gasteiger partial charge is 0.419 e. The minimum absolute atomic E-state index is 0.288. The molecule has 2 amide bonds. The highest BCUT2D eigenvalue weighted by atomic mass is 19.4. The van der Waals surface area contributed by atoms with Gasteiger partial charge in [-0.2, -0.15) is 18.3 Å². The molecule has 2 aromatic carbocycles. The average molecular weight is 524 g/mol. The maximum absolute atomic E-state index is 13.4. The van der Waals surface area contributed by atoms with Crippen LogP contribution in [0.2, 0.25) is 0 Å². The van der Waals surface area contributed by atoms with Crippen molar-refractivity contribution < 1.29 is 31.9 Å². The first-order chi connectivity index (χ1) is 17.6. The normalized spacial score (nSPS) is 10.8. The molecule has 200 valence electrons. The van der Waals surface area contributed by atoms with Crippen molar-refractivity contribution in [2.24, 2.45) is 0 Å². The number of amides is 2. The van der Waals surface area contributed by atoms with Crippen molar-refractivity contribution in [3.8, 4) is 5.69 Å². The number of carbonyl (C=O) groups excluding carboxylic acids is 2. The van der Waals surface area contributed by atoms with Crippen LogP contribution in [0.4, 0.5) is 29.1 Å². The van der Waals surface area contributed by atoms with E-state index in [-0.39, 0.29) is 11.6 Å². The number of benzene rings is 2. The fourth-order valence-electron chi connectivity index (χ4n) is 3.49. The summed E-state index contributed by atoms with van der Waals surface area (Å²) in [6.45, 7) is 2.22. The van der Waals surface area contributed by atoms with Crippen LogP contribution in [0.1, 0.15) is 33.6 Å². The highest BCUT2D eigenvalue weighted by Crippen LogP contribution is 2.34. The second-order valence-electron chi connectivity index (χ2n) is 7.74. The summed E-state index contributed by atoms with van der Waals surface area (Å²) in [5.74, 6) is -1.05. The van der Waals surface area contributed by atoms with Crippen molar-refractivity contribution >= 4 is 23.8 Å². The molecule has 0 fully saturated rings. The van der Waals surface area contributed by atoms with Crippen LogP contribution in [-0.2, 0) is 22.1 Å². The van der Waals surface area contributed by atoms with Gasteiger partial charge in [-0.1, -0.05) is 18.2 Å². The van der Waals surface area contributed by atoms with Crippen LogP contribution in [0.5, 0.6) is 0 Å². The van der Waals surface area contributed by atoms with E-state index in [2.05, 4.69) is 21.0 Å². The van der Waals surface area contributed by atoms with Crippen molar-refractivity contribution in [2.75, 3.05) is 38.4 Å². The Bertz CT molecular complexity index is 1200. The molecular formula is C25H29F4N5O3. The number of hydrogen-bond donors (Lipinski definition) is 3. The molecule has 0 saturated carbocycles. The van der Waals surface area contributed by atoms with Crippen molar-refractivity contribution in [3.63, 3.8) is 0 Å². The SMILES string of the molecule is CNC(=O)c1nn(-c2ccccc2)c(NC=O)c1C.CNc1cc(C(F)(F)F)c(F)cc1CCCOC. The van der Waals surface area contributed by atoms with Crippen molar-refractivity contribution in [2.45, 2.75) is 25.9 Å². The second-order valence-corrected chi connectivity index (χ2v) is 7.74. The number of carbonyl (C=O) groups is 2. The Morgan fingerprint density at radius 3 is 2.38 bits per heavy atom. The molecule has 3 aromatic rings. The summed E-state index contributed by atoms with van der Waals surface area (Å²) in [7, 11) is 4.58. The van der Waals surface area contributed by atoms with Gasteiger partial charge in [0.15, 0.2) is 5.69 Å². The molecule has 0 bridgehead atoms. The number of methoxy groups -OCH3 is 1. The topological polar surface area (TPSA) is 97.3 Å². The first kappa shape index (κ1) is 29.3. The second kappa shape index (κ2) is 13.4. The lowest BCUT2D eigenvalue weighted by Crippen LogP contribution is -2.19. The molecule has 3 rings (SSSR count). The minimum Gasteiger partial charge on any atom is -0.388 e. The van der Waals surface area contributed by atoms with E-state index >= 15 is 0 Å². The predicted octanol–water partition coefficient (Wildman–Crippen LogP) is 4.57. The Kier molecular flexibility index (Phi) is 10.6. The smallest absolute Gasteiger partial charge is 0.388 e. The molecule has 0 aliphatic rings. The molecule has 0 aliphatic heterocycles. The number of hydrogen-bond acceptors (Lipinski definition) is 5. The molecule has 0 spiro atoms. The fourth-order valence-corrected chi connectivity index (χ4v) is 3.49. The van der Waals surface area contributed by atoms with E-state index in [1.807, 2.05) is 30.3 Å². The van der Waals surface area contributed by atoms with E-state index in [1.165, 1.54) is 25.9 Å². The third-order valence-corrected chi connectivity index (χ3v) is 5.32. The van der Waals surface area contributed by atoms with Crippen LogP contribution in [0, 0.1) is 12.7 Å². The summed E-state index contributed by atoms with van der Waals surface area (Å²) in [6.07, 6.45) is -3.03. The van der Waals surface area contributed by atoms with Gasteiger partial charge in [-0.15, -0.1) is 0 Å². The Morgan fingerprint density at radius 2 is 1.84 bits per heavy atom. The van der Waals surface area contributed by atoms with Gasteiger partial charge in [-0.25, -0.2) is 9.07 Å². The molecular weight excluding hydrogens is 494 g/mol. The number of nitrogens with zero attached hydrogens (tertiary/aromatic N) is 2. The zero-order chi connectivity index (χ0) is 27.6. The third-order valence-electron chi connectivity index (χ3n) is 5.32. The number of para-hydroxylation sites is 1. The number of halogens is 4. The Hall–Kier alpha value is -3.93. The van der Waals surface area contributed by atoms with Crippen LogP contribution < -0.4 is 16.0 Å². The van der Waals surface area contributed by atoms with Crippen molar-refractivity contribution in [3.05, 3.63) is 70.7 Å². The zero-order valence-corrected chi connectivity index (χ0v) is 20.9. The summed E-state index contributed by atoms with van der Waals surface area (Å²) in [4.78, 5) is 22.4. The molecule has 0 radical (unpaired) electrons. The standard InChI is InChI=1S/C13H14N4O2.C12H15F4NO/c1-9-11(13(19)14-2)16-17(12(9)15-8-18)10-6-4-3-5-7-10;1-17-11-7-9(12(14,15)16)10(13)6-8(11)4-3-5-18-2/h3-8H,1-2H3,(H,14,19)(H,15,18);6-7,17H,3-5H2,1-2H3. The number of anilines is 2. The third kappa shape index (κ3) is 7.53. The quantitative estimate of drug-likeness (QED) is 0.217. The molecule has 0 aliphatic carbocycles. The van der Waals surface area contributed by atoms with Gasteiger partial charge in [0.25, 0.3) is 5.91 Å². The maximum Gasteiger partial charge on any atom is 0.419 e. The molecule has 1 heterocycles. The van der Waals surface area contributed by atoms with E-state index in [4.69, 9.17) is 4.74 Å². The molecule has 1 aromatic heterocycles. The van der Waals surface area contributed by atoms with Gasteiger partial charge in [0.2, 0.25) is 6.41 Å². The summed E-state index contributed by atoms with van der Waals surface area (Å²) < 4.78 is 57.3. The molecule has 0 unspecified atom stereocenters. The van der Waals surface area contributed by atoms with E-state index in [0.717, 1.165) is 17.8 Å². The van der Waals surface area contributed by atoms with Crippen LogP contribution in [0.3, 0.4) is 0 Å². The number of aryl methyl sites for hydroxylation is 1. The summed E-state index contributed by atoms with van der Waals surface area (Å²) in [5.41, 5.74) is 1.23. The van der Waals surface area contributed by atoms with Gasteiger partial charge in [-0.05, 0) is 49.6 Å². The molecule has 3 N–H and O–H groups in total. The van der Waals surface area contributed by atoms with Crippen LogP contribution in [0.25, 0.3) is 5.69 Å². The van der Waals surface area contributed by atoms with Crippen molar-refractivity contribution in [1.82, 2.24) is 15.1 Å². The van der Waals surface area contributed by atoms with Crippen LogP contribution >= 0.6 is 0 Å². The first-order valence-corrected chi connectivity index (χ1v) is 11.2. The number of ether oxygens (including phenoxy) is 1. The fraction of sp³-hybridized carbons (Fsp3) is 0.320. The van der Waals surface area contributed by atoms with Gasteiger partial charge in [-0.3, -0.25) is 9.59 Å². The average Bonchev–Trinajstić information content (AvgIpc) is 3.20. The van der Waals surface area contributed by atoms with Crippen LogP contribution in [0.15, 0.2) is 42.5 Å². The minimum atomic E-state index is -4.68. The van der Waals surface area contributed by atoms with E-state index in [1.54, 1.807) is 6.92 Å². The van der Waals surface area contributed by atoms with Crippen molar-refractivity contribution in [1.29, 1.82) is 0 Å². The van der Waals surface area contributed by atoms with Gasteiger partial charge in [0.1, 0.15) is 11.6 Å². The highest BCUT2D eigenvalue weighted by Gasteiger charge is 2.34. The zero-order valence-electron chi connectivity index (χ0n) is 20.9. The lowest BCUT2D eigenvalue weighted by molar-refractivity contribution is -0.139. The summed E-state index contributed by atoms with van der Waals surface area (Å²) in [6, 6.07) is 11.0. The van der Waals surface area contributed by atoms with Gasteiger partial charge >= 0.3 is 6.18 Å². The molecule has 12 heteroatoms. The Labute approximate surface area is 212 Å². The number of rotatable bonds is 9. The van der Waals surface area contributed by atoms with E-state index in [9.17, 15) is 27.2 Å². The summed E-state index contributed by atoms with van der Waals surface area (Å²) in [5, 5.41) is 12.0. The lowest BCUT2D eigenvalue weighted by Gasteiger charge is -2.14. The molecule has 0 atom stereocenters. The molecule has 0 saturated heterocycles. The highest BCUT2D eigenvalue weighted by molar-refractivity contribution is 5.95. The van der Waals surface area contributed by atoms with Gasteiger partial charge < -0.3 is 20.7 Å². The Balaban J connectivity index is 0.000000261. The molecule has 37 heavy (non-hydrogen) atoms. The maximum atomic E-state index is 13.4. The summed E-state index contributed by atoms with van der Waals surface area (Å²) >= 11 is 0. The number of aromatic nitrogens is 2.